The molecule has 1 aromatic heterocycles. The first-order valence-corrected chi connectivity index (χ1v) is 6.31. The van der Waals surface area contributed by atoms with E-state index in [-0.39, 0.29) is 0 Å². The molecule has 1 heterocycles. The van der Waals surface area contributed by atoms with Gasteiger partial charge in [-0.3, -0.25) is 0 Å². The predicted octanol–water partition coefficient (Wildman–Crippen LogP) is 2.45. The molecule has 86 valence electrons. The second kappa shape index (κ2) is 5.56. The van der Waals surface area contributed by atoms with Crippen LogP contribution in [0.25, 0.3) is 0 Å². The van der Waals surface area contributed by atoms with Crippen molar-refractivity contribution in [2.24, 2.45) is 5.92 Å². The number of hydrogen-bond donors (Lipinski definition) is 1. The van der Waals surface area contributed by atoms with Crippen LogP contribution in [0.1, 0.15) is 44.4 Å². The molecule has 1 aromatic rings. The Kier molecular flexibility index (Phi) is 4.67. The lowest BCUT2D eigenvalue weighted by Crippen LogP contribution is -2.32. The van der Waals surface area contributed by atoms with Gasteiger partial charge in [0.25, 0.3) is 0 Å². The van der Waals surface area contributed by atoms with Crippen molar-refractivity contribution in [1.82, 2.24) is 14.7 Å². The van der Waals surface area contributed by atoms with Gasteiger partial charge in [0.1, 0.15) is 10.8 Å². The van der Waals surface area contributed by atoms with E-state index in [1.165, 1.54) is 11.5 Å². The van der Waals surface area contributed by atoms with Crippen LogP contribution in [-0.4, -0.2) is 22.4 Å². The zero-order valence-corrected chi connectivity index (χ0v) is 11.1. The lowest BCUT2D eigenvalue weighted by atomic mass is 10.0. The largest absolute Gasteiger partial charge is 0.316 e. The summed E-state index contributed by atoms with van der Waals surface area (Å²) in [5, 5.41) is 4.47. The van der Waals surface area contributed by atoms with Crippen LogP contribution in [0.15, 0.2) is 0 Å². The standard InChI is InChI=1S/C11H21N3S/c1-7(2)9(12-5)6-10-13-11(8(3)4)14-15-10/h7-9,12H,6H2,1-5H3. The van der Waals surface area contributed by atoms with Crippen molar-refractivity contribution >= 4 is 11.5 Å². The zero-order chi connectivity index (χ0) is 11.4. The van der Waals surface area contributed by atoms with E-state index in [4.69, 9.17) is 0 Å². The van der Waals surface area contributed by atoms with Crippen molar-refractivity contribution < 1.29 is 0 Å². The van der Waals surface area contributed by atoms with Gasteiger partial charge in [0.05, 0.1) is 0 Å². The first-order valence-electron chi connectivity index (χ1n) is 5.54. The van der Waals surface area contributed by atoms with E-state index in [0.29, 0.717) is 17.9 Å². The smallest absolute Gasteiger partial charge is 0.145 e. The topological polar surface area (TPSA) is 37.8 Å². The summed E-state index contributed by atoms with van der Waals surface area (Å²) >= 11 is 1.54. The van der Waals surface area contributed by atoms with Gasteiger partial charge in [-0.1, -0.05) is 27.7 Å². The van der Waals surface area contributed by atoms with Gasteiger partial charge in [0.15, 0.2) is 0 Å². The quantitative estimate of drug-likeness (QED) is 0.839. The minimum atomic E-state index is 0.432. The molecule has 1 unspecified atom stereocenters. The maximum Gasteiger partial charge on any atom is 0.145 e. The predicted molar refractivity (Wildman–Crippen MR) is 65.4 cm³/mol. The van der Waals surface area contributed by atoms with Gasteiger partial charge in [0, 0.05) is 18.4 Å². The Morgan fingerprint density at radius 3 is 2.33 bits per heavy atom. The van der Waals surface area contributed by atoms with E-state index >= 15 is 0 Å². The summed E-state index contributed by atoms with van der Waals surface area (Å²) in [6.07, 6.45) is 0.985. The van der Waals surface area contributed by atoms with E-state index in [9.17, 15) is 0 Å². The van der Waals surface area contributed by atoms with Crippen LogP contribution in [0.4, 0.5) is 0 Å². The van der Waals surface area contributed by atoms with Gasteiger partial charge in [-0.25, -0.2) is 4.98 Å². The van der Waals surface area contributed by atoms with Gasteiger partial charge < -0.3 is 5.32 Å². The Hall–Kier alpha value is -0.480. The Bertz CT molecular complexity index is 294. The molecule has 15 heavy (non-hydrogen) atoms. The maximum atomic E-state index is 4.55. The summed E-state index contributed by atoms with van der Waals surface area (Å²) in [6, 6.07) is 0.498. The summed E-state index contributed by atoms with van der Waals surface area (Å²) < 4.78 is 4.37. The lowest BCUT2D eigenvalue weighted by molar-refractivity contribution is 0.424. The summed E-state index contributed by atoms with van der Waals surface area (Å²) in [6.45, 7) is 8.71. The highest BCUT2D eigenvalue weighted by Gasteiger charge is 2.15. The summed E-state index contributed by atoms with van der Waals surface area (Å²) in [5.41, 5.74) is 0. The molecule has 0 spiro atoms. The molecule has 0 aliphatic rings. The number of aromatic nitrogens is 2. The maximum absolute atomic E-state index is 4.55. The Labute approximate surface area is 96.5 Å². The average molecular weight is 227 g/mol. The molecule has 0 amide bonds. The van der Waals surface area contributed by atoms with Crippen molar-refractivity contribution in [2.75, 3.05) is 7.05 Å². The van der Waals surface area contributed by atoms with Crippen LogP contribution in [0, 0.1) is 5.92 Å². The molecule has 0 aromatic carbocycles. The molecule has 1 atom stereocenters. The molecule has 3 nitrogen and oxygen atoms in total. The van der Waals surface area contributed by atoms with E-state index in [1.807, 2.05) is 7.05 Å². The van der Waals surface area contributed by atoms with E-state index < -0.39 is 0 Å². The summed E-state index contributed by atoms with van der Waals surface area (Å²) in [4.78, 5) is 4.55. The second-order valence-electron chi connectivity index (χ2n) is 4.54. The van der Waals surface area contributed by atoms with E-state index in [2.05, 4.69) is 42.4 Å². The van der Waals surface area contributed by atoms with Crippen molar-refractivity contribution in [1.29, 1.82) is 0 Å². The van der Waals surface area contributed by atoms with Crippen LogP contribution in [0.3, 0.4) is 0 Å². The number of nitrogens with zero attached hydrogens (tertiary/aromatic N) is 2. The molecule has 0 bridgehead atoms. The van der Waals surface area contributed by atoms with Crippen molar-refractivity contribution in [3.8, 4) is 0 Å². The van der Waals surface area contributed by atoms with Crippen LogP contribution in [-0.2, 0) is 6.42 Å². The highest BCUT2D eigenvalue weighted by molar-refractivity contribution is 7.05. The number of likely N-dealkylation sites (N-methyl/N-ethyl adjacent to an activating group) is 1. The van der Waals surface area contributed by atoms with Crippen LogP contribution < -0.4 is 5.32 Å². The lowest BCUT2D eigenvalue weighted by Gasteiger charge is -2.18. The monoisotopic (exact) mass is 227 g/mol. The number of rotatable bonds is 5. The third-order valence-electron chi connectivity index (χ3n) is 2.57. The van der Waals surface area contributed by atoms with E-state index in [1.54, 1.807) is 0 Å². The molecular formula is C11H21N3S. The Morgan fingerprint density at radius 1 is 1.27 bits per heavy atom. The summed E-state index contributed by atoms with van der Waals surface area (Å²) in [5.74, 6) is 2.04. The Balaban J connectivity index is 2.63. The highest BCUT2D eigenvalue weighted by atomic mass is 32.1. The number of nitrogens with one attached hydrogen (secondary N) is 1. The minimum Gasteiger partial charge on any atom is -0.316 e. The second-order valence-corrected chi connectivity index (χ2v) is 5.38. The molecule has 4 heteroatoms. The van der Waals surface area contributed by atoms with Crippen LogP contribution in [0.2, 0.25) is 0 Å². The molecular weight excluding hydrogens is 206 g/mol. The fourth-order valence-electron chi connectivity index (χ4n) is 1.44. The van der Waals surface area contributed by atoms with Crippen molar-refractivity contribution in [3.05, 3.63) is 10.8 Å². The van der Waals surface area contributed by atoms with Gasteiger partial charge >= 0.3 is 0 Å². The molecule has 0 aliphatic heterocycles. The van der Waals surface area contributed by atoms with Crippen LogP contribution in [0.5, 0.6) is 0 Å². The first kappa shape index (κ1) is 12.6. The zero-order valence-electron chi connectivity index (χ0n) is 10.2. The third-order valence-corrected chi connectivity index (χ3v) is 3.32. The minimum absolute atomic E-state index is 0.432. The van der Waals surface area contributed by atoms with Crippen molar-refractivity contribution in [2.45, 2.75) is 46.1 Å². The fraction of sp³-hybridized carbons (Fsp3) is 0.818. The Morgan fingerprint density at radius 2 is 1.93 bits per heavy atom. The SMILES string of the molecule is CNC(Cc1nc(C(C)C)ns1)C(C)C. The average Bonchev–Trinajstić information content (AvgIpc) is 2.61. The molecule has 1 rings (SSSR count). The van der Waals surface area contributed by atoms with Gasteiger partial charge in [-0.05, 0) is 24.5 Å². The number of hydrogen-bond acceptors (Lipinski definition) is 4. The van der Waals surface area contributed by atoms with E-state index in [0.717, 1.165) is 17.3 Å². The van der Waals surface area contributed by atoms with Gasteiger partial charge in [-0.2, -0.15) is 4.37 Å². The normalized spacial score (nSPS) is 13.8. The fourth-order valence-corrected chi connectivity index (χ4v) is 2.28. The van der Waals surface area contributed by atoms with Gasteiger partial charge in [0.2, 0.25) is 0 Å². The first-order chi connectivity index (χ1) is 7.04. The molecule has 0 radical (unpaired) electrons. The van der Waals surface area contributed by atoms with Gasteiger partial charge in [-0.15, -0.1) is 0 Å². The van der Waals surface area contributed by atoms with Crippen LogP contribution >= 0.6 is 11.5 Å². The molecule has 0 fully saturated rings. The molecule has 0 aliphatic carbocycles. The molecule has 1 N–H and O–H groups in total. The summed E-state index contributed by atoms with van der Waals surface area (Å²) in [7, 11) is 2.01. The van der Waals surface area contributed by atoms with Crippen molar-refractivity contribution in [3.63, 3.8) is 0 Å². The molecule has 0 saturated heterocycles. The molecule has 0 saturated carbocycles. The third kappa shape index (κ3) is 3.54. The highest BCUT2D eigenvalue weighted by Crippen LogP contribution is 2.16.